The molecule has 0 fully saturated rings. The number of benzene rings is 1. The maximum atomic E-state index is 12.3. The predicted octanol–water partition coefficient (Wildman–Crippen LogP) is 1.02. The second-order valence-electron chi connectivity index (χ2n) is 6.12. The fourth-order valence-corrected chi connectivity index (χ4v) is 2.62. The second kappa shape index (κ2) is 8.19. The van der Waals surface area contributed by atoms with Gasteiger partial charge in [0, 0.05) is 0 Å². The summed E-state index contributed by atoms with van der Waals surface area (Å²) < 4.78 is 0. The SMILES string of the molecule is CC[C@H](C[C@@H](O)[C@](C)(N)C(=O)[C@H](N)CC(=O)O)c1ccccc1. The van der Waals surface area contributed by atoms with Gasteiger partial charge in [-0.15, -0.1) is 0 Å². The van der Waals surface area contributed by atoms with E-state index in [1.807, 2.05) is 37.3 Å². The van der Waals surface area contributed by atoms with E-state index in [0.29, 0.717) is 6.42 Å². The largest absolute Gasteiger partial charge is 0.481 e. The number of aliphatic hydroxyl groups is 1. The molecule has 6 N–H and O–H groups in total. The van der Waals surface area contributed by atoms with E-state index in [1.54, 1.807) is 0 Å². The quantitative estimate of drug-likeness (QED) is 0.537. The molecule has 0 heterocycles. The minimum absolute atomic E-state index is 0.0533. The molecular formula is C17H26N2O4. The van der Waals surface area contributed by atoms with Crippen molar-refractivity contribution in [1.82, 2.24) is 0 Å². The molecule has 6 heteroatoms. The van der Waals surface area contributed by atoms with Crippen molar-refractivity contribution < 1.29 is 19.8 Å². The summed E-state index contributed by atoms with van der Waals surface area (Å²) in [6.45, 7) is 3.40. The number of aliphatic carboxylic acids is 1. The molecule has 0 unspecified atom stereocenters. The van der Waals surface area contributed by atoms with E-state index in [1.165, 1.54) is 6.92 Å². The lowest BCUT2D eigenvalue weighted by Gasteiger charge is -2.33. The van der Waals surface area contributed by atoms with Crippen LogP contribution >= 0.6 is 0 Å². The third-order valence-electron chi connectivity index (χ3n) is 4.23. The Bertz CT molecular complexity index is 531. The number of nitrogens with two attached hydrogens (primary N) is 2. The van der Waals surface area contributed by atoms with Crippen molar-refractivity contribution in [2.45, 2.75) is 56.7 Å². The van der Waals surface area contributed by atoms with Crippen LogP contribution in [0.3, 0.4) is 0 Å². The zero-order valence-corrected chi connectivity index (χ0v) is 13.6. The van der Waals surface area contributed by atoms with Gasteiger partial charge in [-0.2, -0.15) is 0 Å². The van der Waals surface area contributed by atoms with Crippen LogP contribution in [-0.2, 0) is 9.59 Å². The van der Waals surface area contributed by atoms with E-state index >= 15 is 0 Å². The highest BCUT2D eigenvalue weighted by atomic mass is 16.4. The molecule has 6 nitrogen and oxygen atoms in total. The zero-order chi connectivity index (χ0) is 17.6. The predicted molar refractivity (Wildman–Crippen MR) is 87.9 cm³/mol. The maximum Gasteiger partial charge on any atom is 0.305 e. The molecule has 0 aliphatic heterocycles. The Labute approximate surface area is 136 Å². The van der Waals surface area contributed by atoms with Crippen LogP contribution < -0.4 is 11.5 Å². The molecule has 0 spiro atoms. The summed E-state index contributed by atoms with van der Waals surface area (Å²) in [6, 6.07) is 8.45. The topological polar surface area (TPSA) is 127 Å². The molecule has 0 amide bonds. The number of carboxylic acid groups (broad SMARTS) is 1. The first kappa shape index (κ1) is 19.3. The van der Waals surface area contributed by atoms with E-state index in [0.717, 1.165) is 12.0 Å². The van der Waals surface area contributed by atoms with E-state index in [2.05, 4.69) is 0 Å². The van der Waals surface area contributed by atoms with Crippen molar-refractivity contribution in [1.29, 1.82) is 0 Å². The monoisotopic (exact) mass is 322 g/mol. The average Bonchev–Trinajstić information content (AvgIpc) is 2.51. The lowest BCUT2D eigenvalue weighted by Crippen LogP contribution is -2.60. The Morgan fingerprint density at radius 1 is 1.26 bits per heavy atom. The third kappa shape index (κ3) is 5.13. The highest BCUT2D eigenvalue weighted by molar-refractivity contribution is 5.95. The van der Waals surface area contributed by atoms with E-state index in [-0.39, 0.29) is 5.92 Å². The molecule has 1 aromatic rings. The number of Topliss-reactive ketones (excluding diaryl/α,β-unsaturated/α-hetero) is 1. The first-order valence-electron chi connectivity index (χ1n) is 7.73. The number of carboxylic acids is 1. The van der Waals surface area contributed by atoms with Crippen LogP contribution in [0.4, 0.5) is 0 Å². The normalized spacial score (nSPS) is 17.8. The molecule has 1 rings (SSSR count). The van der Waals surface area contributed by atoms with Crippen molar-refractivity contribution in [3.05, 3.63) is 35.9 Å². The molecule has 4 atom stereocenters. The van der Waals surface area contributed by atoms with Gasteiger partial charge in [0.1, 0.15) is 0 Å². The lowest BCUT2D eigenvalue weighted by molar-refractivity contribution is -0.140. The smallest absolute Gasteiger partial charge is 0.305 e. The summed E-state index contributed by atoms with van der Waals surface area (Å²) in [7, 11) is 0. The summed E-state index contributed by atoms with van der Waals surface area (Å²) in [5.41, 5.74) is 11.1. The number of carbonyl (C=O) groups is 2. The molecular weight excluding hydrogens is 296 g/mol. The van der Waals surface area contributed by atoms with Crippen LogP contribution in [0.15, 0.2) is 30.3 Å². The Morgan fingerprint density at radius 3 is 2.30 bits per heavy atom. The standard InChI is InChI=1S/C17H26N2O4/c1-3-11(12-7-5-4-6-8-12)9-14(20)17(2,19)16(23)13(18)10-15(21)22/h4-8,11,13-14,20H,3,9-10,18-19H2,1-2H3,(H,21,22)/t11-,13-,14-,17+/m1/s1. The van der Waals surface area contributed by atoms with Crippen LogP contribution in [0.2, 0.25) is 0 Å². The Balaban J connectivity index is 2.82. The molecule has 128 valence electrons. The highest BCUT2D eigenvalue weighted by Crippen LogP contribution is 2.28. The number of ketones is 1. The Morgan fingerprint density at radius 2 is 1.83 bits per heavy atom. The molecule has 0 aliphatic rings. The fraction of sp³-hybridized carbons (Fsp3) is 0.529. The van der Waals surface area contributed by atoms with Crippen molar-refractivity contribution >= 4 is 11.8 Å². The molecule has 0 saturated carbocycles. The van der Waals surface area contributed by atoms with Crippen molar-refractivity contribution in [3.8, 4) is 0 Å². The van der Waals surface area contributed by atoms with Gasteiger partial charge in [0.2, 0.25) is 0 Å². The first-order chi connectivity index (χ1) is 10.7. The van der Waals surface area contributed by atoms with E-state index < -0.39 is 35.9 Å². The summed E-state index contributed by atoms with van der Waals surface area (Å²) in [5.74, 6) is -1.76. The van der Waals surface area contributed by atoms with Gasteiger partial charge < -0.3 is 21.7 Å². The number of carbonyl (C=O) groups excluding carboxylic acids is 1. The minimum Gasteiger partial charge on any atom is -0.481 e. The molecule has 0 aromatic heterocycles. The lowest BCUT2D eigenvalue weighted by atomic mass is 9.80. The van der Waals surface area contributed by atoms with Crippen LogP contribution in [0.25, 0.3) is 0 Å². The molecule has 0 aliphatic carbocycles. The summed E-state index contributed by atoms with van der Waals surface area (Å²) >= 11 is 0. The zero-order valence-electron chi connectivity index (χ0n) is 13.6. The van der Waals surface area contributed by atoms with Crippen molar-refractivity contribution in [2.24, 2.45) is 11.5 Å². The summed E-state index contributed by atoms with van der Waals surface area (Å²) in [5, 5.41) is 19.2. The molecule has 0 bridgehead atoms. The maximum absolute atomic E-state index is 12.3. The van der Waals surface area contributed by atoms with Crippen LogP contribution in [-0.4, -0.2) is 39.7 Å². The van der Waals surface area contributed by atoms with Gasteiger partial charge in [0.15, 0.2) is 5.78 Å². The Hall–Kier alpha value is -1.76. The molecule has 1 aromatic carbocycles. The number of hydrogen-bond acceptors (Lipinski definition) is 5. The van der Waals surface area contributed by atoms with Gasteiger partial charge in [-0.25, -0.2) is 0 Å². The molecule has 0 radical (unpaired) electrons. The van der Waals surface area contributed by atoms with Gasteiger partial charge in [-0.05, 0) is 31.2 Å². The van der Waals surface area contributed by atoms with Gasteiger partial charge in [-0.1, -0.05) is 37.3 Å². The van der Waals surface area contributed by atoms with Crippen LogP contribution in [0.1, 0.15) is 44.6 Å². The van der Waals surface area contributed by atoms with Crippen LogP contribution in [0, 0.1) is 0 Å². The number of hydrogen-bond donors (Lipinski definition) is 4. The first-order valence-corrected chi connectivity index (χ1v) is 7.73. The third-order valence-corrected chi connectivity index (χ3v) is 4.23. The number of aliphatic hydroxyl groups excluding tert-OH is 1. The Kier molecular flexibility index (Phi) is 6.87. The average molecular weight is 322 g/mol. The summed E-state index contributed by atoms with van der Waals surface area (Å²) in [6.07, 6.45) is -0.528. The molecule has 0 saturated heterocycles. The highest BCUT2D eigenvalue weighted by Gasteiger charge is 2.40. The van der Waals surface area contributed by atoms with Crippen molar-refractivity contribution in [2.75, 3.05) is 0 Å². The van der Waals surface area contributed by atoms with E-state index in [4.69, 9.17) is 16.6 Å². The fourth-order valence-electron chi connectivity index (χ4n) is 2.62. The van der Waals surface area contributed by atoms with Crippen molar-refractivity contribution in [3.63, 3.8) is 0 Å². The van der Waals surface area contributed by atoms with E-state index in [9.17, 15) is 14.7 Å². The minimum atomic E-state index is -1.59. The van der Waals surface area contributed by atoms with Gasteiger partial charge in [0.25, 0.3) is 0 Å². The van der Waals surface area contributed by atoms with Gasteiger partial charge in [0.05, 0.1) is 24.1 Å². The second-order valence-corrected chi connectivity index (χ2v) is 6.12. The van der Waals surface area contributed by atoms with Gasteiger partial charge >= 0.3 is 5.97 Å². The molecule has 23 heavy (non-hydrogen) atoms. The summed E-state index contributed by atoms with van der Waals surface area (Å²) in [4.78, 5) is 23.0. The van der Waals surface area contributed by atoms with Gasteiger partial charge in [-0.3, -0.25) is 9.59 Å². The number of rotatable bonds is 9. The van der Waals surface area contributed by atoms with Crippen LogP contribution in [0.5, 0.6) is 0 Å².